The molecular weight excluding hydrogens is 1010 g/mol. The second kappa shape index (κ2) is 31.9. The molecule has 7 amide bonds. The van der Waals surface area contributed by atoms with Gasteiger partial charge in [0.05, 0.1) is 12.5 Å². The topological polar surface area (TPSA) is 329 Å². The van der Waals surface area contributed by atoms with Gasteiger partial charge in [-0.25, -0.2) is 9.59 Å². The van der Waals surface area contributed by atoms with E-state index in [-0.39, 0.29) is 38.6 Å². The number of aliphatic carboxylic acids is 1. The highest BCUT2D eigenvalue weighted by atomic mass is 16.6. The maximum absolute atomic E-state index is 14.4. The van der Waals surface area contributed by atoms with Gasteiger partial charge in [-0.3, -0.25) is 33.6 Å². The molecule has 434 valence electrons. The minimum atomic E-state index is -1.48. The molecule has 12 N–H and O–H groups in total. The normalized spacial score (nSPS) is 14.3. The quantitative estimate of drug-likeness (QED) is 0.0244. The fraction of sp³-hybridized carbons (Fsp3) is 0.534. The maximum atomic E-state index is 14.4. The lowest BCUT2D eigenvalue weighted by molar-refractivity contribution is -0.156. The first-order chi connectivity index (χ1) is 37.2. The van der Waals surface area contributed by atoms with Crippen LogP contribution in [0, 0.1) is 5.92 Å². The molecule has 0 radical (unpaired) electrons. The van der Waals surface area contributed by atoms with Crippen molar-refractivity contribution in [3.63, 3.8) is 0 Å². The summed E-state index contributed by atoms with van der Waals surface area (Å²) in [4.78, 5) is 121. The summed E-state index contributed by atoms with van der Waals surface area (Å²) >= 11 is 0. The number of benzene rings is 3. The molecule has 0 saturated heterocycles. The lowest BCUT2D eigenvalue weighted by Crippen LogP contribution is -2.60. The molecule has 0 heterocycles. The number of nitrogens with one attached hydrogen (secondary N) is 7. The Hall–Kier alpha value is -7.39. The van der Waals surface area contributed by atoms with Crippen LogP contribution in [0.3, 0.4) is 0 Å². The Labute approximate surface area is 464 Å². The van der Waals surface area contributed by atoms with Crippen molar-refractivity contribution in [2.24, 2.45) is 17.4 Å². The predicted molar refractivity (Wildman–Crippen MR) is 298 cm³/mol. The first-order valence-corrected chi connectivity index (χ1v) is 27.1. The highest BCUT2D eigenvalue weighted by Gasteiger charge is 2.39. The molecule has 0 aromatic heterocycles. The molecule has 7 atom stereocenters. The van der Waals surface area contributed by atoms with E-state index in [0.717, 1.165) is 16.7 Å². The van der Waals surface area contributed by atoms with E-state index in [2.05, 4.69) is 37.2 Å². The molecule has 3 aromatic carbocycles. The van der Waals surface area contributed by atoms with Gasteiger partial charge in [-0.15, -0.1) is 0 Å². The smallest absolute Gasteiger partial charge is 0.407 e. The first-order valence-electron chi connectivity index (χ1n) is 27.1. The Morgan fingerprint density at radius 3 is 1.53 bits per heavy atom. The summed E-state index contributed by atoms with van der Waals surface area (Å²) < 4.78 is 10.6. The van der Waals surface area contributed by atoms with E-state index >= 15 is 0 Å². The zero-order chi connectivity index (χ0) is 58.9. The molecule has 3 aromatic rings. The van der Waals surface area contributed by atoms with Crippen LogP contribution in [0.2, 0.25) is 0 Å². The van der Waals surface area contributed by atoms with Crippen molar-refractivity contribution in [2.75, 3.05) is 13.1 Å². The van der Waals surface area contributed by atoms with Crippen LogP contribution >= 0.6 is 0 Å². The van der Waals surface area contributed by atoms with Crippen molar-refractivity contribution >= 4 is 53.5 Å². The van der Waals surface area contributed by atoms with Crippen molar-refractivity contribution in [2.45, 2.75) is 180 Å². The van der Waals surface area contributed by atoms with Gasteiger partial charge in [0.15, 0.2) is 0 Å². The molecule has 0 bridgehead atoms. The molecule has 0 spiro atoms. The standard InChI is InChI=1S/C58H85N9O12/c1-10-37(2)48(66-52(73)43(30-21-23-35-61-55(77)79-57(7,8)9)64-50(71)42(60)36-47(69)78-56(4,5)6)53(74)62-38(3)49(70)63-44(51(72)65-45(54(75)76)31-20-22-34-59)32-33-46(68)67-58(39-24-14-11-15-25-39,40-26-16-12-17-27-40)41-28-18-13-19-29-41/h11-19,24-29,37-38,42-45,48H,10,20-23,30-36,59-60H2,1-9H3,(H,61,77)(H,62,74)(H,63,70)(H,64,71)(H,65,72)(H,66,73)(H,67,68)(H,75,76)/t37-,38-,42-,43-,44-,45-,48-/m0/s1. The highest BCUT2D eigenvalue weighted by Crippen LogP contribution is 2.37. The van der Waals surface area contributed by atoms with Gasteiger partial charge in [-0.2, -0.15) is 0 Å². The van der Waals surface area contributed by atoms with Gasteiger partial charge in [-0.1, -0.05) is 111 Å². The van der Waals surface area contributed by atoms with E-state index in [9.17, 15) is 48.3 Å². The number of nitrogens with two attached hydrogens (primary N) is 2. The summed E-state index contributed by atoms with van der Waals surface area (Å²) in [5.74, 6) is -7.25. The number of amides is 7. The van der Waals surface area contributed by atoms with E-state index in [4.69, 9.17) is 20.9 Å². The average molecular weight is 1100 g/mol. The van der Waals surface area contributed by atoms with E-state index in [1.807, 2.05) is 91.0 Å². The summed E-state index contributed by atoms with van der Waals surface area (Å²) in [5, 5.41) is 29.0. The second-order valence-corrected chi connectivity index (χ2v) is 21.7. The summed E-state index contributed by atoms with van der Waals surface area (Å²) in [6.07, 6.45) is 0.195. The third kappa shape index (κ3) is 22.5. The monoisotopic (exact) mass is 1100 g/mol. The third-order valence-electron chi connectivity index (χ3n) is 12.7. The van der Waals surface area contributed by atoms with Crippen LogP contribution in [0.5, 0.6) is 0 Å². The van der Waals surface area contributed by atoms with Crippen LogP contribution in [0.1, 0.15) is 143 Å². The predicted octanol–water partition coefficient (Wildman–Crippen LogP) is 4.33. The van der Waals surface area contributed by atoms with Gasteiger partial charge in [0, 0.05) is 13.0 Å². The average Bonchev–Trinajstić information content (AvgIpc) is 3.38. The Balaban J connectivity index is 1.89. The number of carboxylic acid groups (broad SMARTS) is 1. The maximum Gasteiger partial charge on any atom is 0.407 e. The Kier molecular flexibility index (Phi) is 26.6. The van der Waals surface area contributed by atoms with Crippen LogP contribution in [0.4, 0.5) is 4.79 Å². The van der Waals surface area contributed by atoms with Gasteiger partial charge in [-0.05, 0) is 123 Å². The summed E-state index contributed by atoms with van der Waals surface area (Å²) in [5.41, 5.74) is 11.2. The number of hydrogen-bond donors (Lipinski definition) is 10. The SMILES string of the molecule is CC[C@H](C)[C@H](NC(=O)[C@H](CCCCNC(=O)OC(C)(C)C)NC(=O)[C@@H](N)CC(=O)OC(C)(C)C)C(=O)N[C@@H](C)C(=O)N[C@@H](CCC(=O)NC(c1ccccc1)(c1ccccc1)c1ccccc1)C(=O)N[C@@H](CCCCN)C(=O)O. The minimum Gasteiger partial charge on any atom is -0.480 e. The molecule has 0 fully saturated rings. The molecule has 79 heavy (non-hydrogen) atoms. The van der Waals surface area contributed by atoms with Crippen LogP contribution in [0.15, 0.2) is 91.0 Å². The van der Waals surface area contributed by atoms with Crippen molar-refractivity contribution in [3.05, 3.63) is 108 Å². The third-order valence-corrected chi connectivity index (χ3v) is 12.7. The number of rotatable bonds is 31. The van der Waals surface area contributed by atoms with Crippen LogP contribution < -0.4 is 48.7 Å². The molecule has 0 aliphatic rings. The first kappa shape index (κ1) is 65.9. The summed E-state index contributed by atoms with van der Waals surface area (Å²) in [6, 6.07) is 19.9. The molecule has 0 saturated carbocycles. The van der Waals surface area contributed by atoms with E-state index in [0.29, 0.717) is 32.2 Å². The lowest BCUT2D eigenvalue weighted by atomic mass is 9.77. The molecule has 21 heteroatoms. The number of carbonyl (C=O) groups is 9. The Morgan fingerprint density at radius 1 is 0.570 bits per heavy atom. The molecule has 0 unspecified atom stereocenters. The largest absolute Gasteiger partial charge is 0.480 e. The fourth-order valence-electron chi connectivity index (χ4n) is 8.42. The number of alkyl carbamates (subject to hydrolysis) is 1. The van der Waals surface area contributed by atoms with E-state index in [1.54, 1.807) is 55.4 Å². The van der Waals surface area contributed by atoms with Gasteiger partial charge in [0.2, 0.25) is 35.4 Å². The van der Waals surface area contributed by atoms with Gasteiger partial charge < -0.3 is 63.3 Å². The lowest BCUT2D eigenvalue weighted by Gasteiger charge is -2.37. The van der Waals surface area contributed by atoms with Crippen LogP contribution in [-0.4, -0.2) is 119 Å². The summed E-state index contributed by atoms with van der Waals surface area (Å²) in [6.45, 7) is 15.4. The van der Waals surface area contributed by atoms with Crippen molar-refractivity contribution in [1.29, 1.82) is 0 Å². The number of ether oxygens (including phenoxy) is 2. The number of esters is 1. The van der Waals surface area contributed by atoms with Gasteiger partial charge >= 0.3 is 18.0 Å². The zero-order valence-corrected chi connectivity index (χ0v) is 47.3. The van der Waals surface area contributed by atoms with Crippen LogP contribution in [-0.2, 0) is 53.4 Å². The fourth-order valence-corrected chi connectivity index (χ4v) is 8.42. The minimum absolute atomic E-state index is 0.0172. The van der Waals surface area contributed by atoms with Crippen molar-refractivity contribution < 1.29 is 57.7 Å². The Morgan fingerprint density at radius 2 is 1.04 bits per heavy atom. The molecule has 0 aliphatic heterocycles. The zero-order valence-electron chi connectivity index (χ0n) is 47.3. The number of carbonyl (C=O) groups excluding carboxylic acids is 8. The van der Waals surface area contributed by atoms with Gasteiger partial charge in [0.1, 0.15) is 47.0 Å². The second-order valence-electron chi connectivity index (χ2n) is 21.7. The highest BCUT2D eigenvalue weighted by molar-refractivity contribution is 5.97. The van der Waals surface area contributed by atoms with Crippen LogP contribution in [0.25, 0.3) is 0 Å². The number of carboxylic acids is 1. The van der Waals surface area contributed by atoms with Gasteiger partial charge in [0.25, 0.3) is 0 Å². The Bertz CT molecular complexity index is 2370. The molecular formula is C58H85N9O12. The van der Waals surface area contributed by atoms with Crippen molar-refractivity contribution in [1.82, 2.24) is 37.2 Å². The molecule has 0 aliphatic carbocycles. The van der Waals surface area contributed by atoms with E-state index in [1.165, 1.54) is 6.92 Å². The van der Waals surface area contributed by atoms with E-state index < -0.39 is 119 Å². The van der Waals surface area contributed by atoms with Crippen molar-refractivity contribution in [3.8, 4) is 0 Å². The molecule has 21 nitrogen and oxygen atoms in total. The summed E-state index contributed by atoms with van der Waals surface area (Å²) in [7, 11) is 0. The number of unbranched alkanes of at least 4 members (excludes halogenated alkanes) is 2. The number of hydrogen-bond acceptors (Lipinski definition) is 13. The molecule has 3 rings (SSSR count).